The van der Waals surface area contributed by atoms with Gasteiger partial charge in [0.05, 0.1) is 11.8 Å². The van der Waals surface area contributed by atoms with Crippen LogP contribution in [0.25, 0.3) is 0 Å². The van der Waals surface area contributed by atoms with Gasteiger partial charge >= 0.3 is 11.9 Å². The van der Waals surface area contributed by atoms with E-state index in [2.05, 4.69) is 4.74 Å². The fourth-order valence-corrected chi connectivity index (χ4v) is 2.31. The third-order valence-electron chi connectivity index (χ3n) is 3.06. The van der Waals surface area contributed by atoms with Crippen LogP contribution in [0.4, 0.5) is 0 Å². The van der Waals surface area contributed by atoms with Gasteiger partial charge < -0.3 is 4.74 Å². The summed E-state index contributed by atoms with van der Waals surface area (Å²) < 4.78 is 4.63. The second-order valence-electron chi connectivity index (χ2n) is 4.42. The zero-order valence-corrected chi connectivity index (χ0v) is 7.29. The topological polar surface area (TPSA) is 43.4 Å². The molecule has 0 radical (unpaired) electrons. The van der Waals surface area contributed by atoms with Crippen molar-refractivity contribution in [2.75, 3.05) is 0 Å². The summed E-state index contributed by atoms with van der Waals surface area (Å²) in [5.41, 5.74) is -0.0477. The lowest BCUT2D eigenvalue weighted by atomic mass is 9.82. The second kappa shape index (κ2) is 2.09. The summed E-state index contributed by atoms with van der Waals surface area (Å²) in [5.74, 6) is -0.719. The number of fused-ring (bicyclic) bond motifs is 2. The van der Waals surface area contributed by atoms with Gasteiger partial charge in [-0.1, -0.05) is 13.8 Å². The normalized spacial score (nSPS) is 38.2. The summed E-state index contributed by atoms with van der Waals surface area (Å²) in [6, 6.07) is 0. The van der Waals surface area contributed by atoms with Crippen LogP contribution in [0.2, 0.25) is 0 Å². The molecule has 3 nitrogen and oxygen atoms in total. The molecule has 0 N–H and O–H groups in total. The summed E-state index contributed by atoms with van der Waals surface area (Å²) in [5, 5.41) is 0. The van der Waals surface area contributed by atoms with Gasteiger partial charge in [-0.25, -0.2) is 0 Å². The Morgan fingerprint density at radius 2 is 2.00 bits per heavy atom. The highest BCUT2D eigenvalue weighted by Gasteiger charge is 2.52. The van der Waals surface area contributed by atoms with Crippen molar-refractivity contribution in [3.05, 3.63) is 0 Å². The van der Waals surface area contributed by atoms with Crippen molar-refractivity contribution in [2.24, 2.45) is 17.3 Å². The smallest absolute Gasteiger partial charge is 0.317 e. The Morgan fingerprint density at radius 1 is 1.33 bits per heavy atom. The molecule has 0 unspecified atom stereocenters. The molecule has 0 aromatic carbocycles. The number of cyclic esters (lactones) is 2. The van der Waals surface area contributed by atoms with Crippen LogP contribution in [0.1, 0.15) is 26.7 Å². The third kappa shape index (κ3) is 0.886. The maximum Gasteiger partial charge on any atom is 0.317 e. The van der Waals surface area contributed by atoms with E-state index in [9.17, 15) is 9.59 Å². The zero-order chi connectivity index (χ0) is 8.93. The van der Waals surface area contributed by atoms with Gasteiger partial charge in [-0.05, 0) is 18.3 Å². The molecule has 1 aliphatic heterocycles. The second-order valence-corrected chi connectivity index (χ2v) is 4.42. The molecule has 1 saturated heterocycles. The Morgan fingerprint density at radius 3 is 2.67 bits per heavy atom. The fraction of sp³-hybridized carbons (Fsp3) is 0.778. The number of esters is 2. The zero-order valence-electron chi connectivity index (χ0n) is 7.29. The maximum absolute atomic E-state index is 11.2. The number of hydrogen-bond acceptors (Lipinski definition) is 3. The molecular formula is C9H12O3. The molecule has 1 aliphatic carbocycles. The molecule has 2 fully saturated rings. The largest absolute Gasteiger partial charge is 0.393 e. The van der Waals surface area contributed by atoms with Gasteiger partial charge in [-0.15, -0.1) is 0 Å². The summed E-state index contributed by atoms with van der Waals surface area (Å²) in [6.45, 7) is 4.05. The molecule has 0 spiro atoms. The van der Waals surface area contributed by atoms with Gasteiger partial charge in [-0.2, -0.15) is 0 Å². The summed E-state index contributed by atoms with van der Waals surface area (Å²) >= 11 is 0. The Kier molecular flexibility index (Phi) is 1.35. The van der Waals surface area contributed by atoms with Crippen LogP contribution in [0.15, 0.2) is 0 Å². The summed E-state index contributed by atoms with van der Waals surface area (Å²) in [6.07, 6.45) is 1.49. The minimum Gasteiger partial charge on any atom is -0.393 e. The van der Waals surface area contributed by atoms with Crippen molar-refractivity contribution in [2.45, 2.75) is 26.7 Å². The Balaban J connectivity index is 2.33. The van der Waals surface area contributed by atoms with Crippen LogP contribution < -0.4 is 0 Å². The molecule has 2 bridgehead atoms. The molecule has 1 heterocycles. The Bertz CT molecular complexity index is 254. The lowest BCUT2D eigenvalue weighted by Crippen LogP contribution is -2.31. The van der Waals surface area contributed by atoms with Gasteiger partial charge in [0.2, 0.25) is 0 Å². The molecule has 0 aromatic rings. The minimum absolute atomic E-state index is 0.0253. The number of rotatable bonds is 0. The Hall–Kier alpha value is -0.860. The molecule has 2 rings (SSSR count). The van der Waals surface area contributed by atoms with E-state index in [1.807, 2.05) is 13.8 Å². The average Bonchev–Trinajstić information content (AvgIpc) is 2.20. The molecule has 66 valence electrons. The first kappa shape index (κ1) is 7.77. The quantitative estimate of drug-likeness (QED) is 0.402. The van der Waals surface area contributed by atoms with Gasteiger partial charge in [0.15, 0.2) is 0 Å². The Labute approximate surface area is 71.1 Å². The van der Waals surface area contributed by atoms with Crippen molar-refractivity contribution in [3.63, 3.8) is 0 Å². The minimum atomic E-state index is -0.321. The van der Waals surface area contributed by atoms with Gasteiger partial charge in [0.25, 0.3) is 0 Å². The number of ether oxygens (including phenoxy) is 1. The third-order valence-corrected chi connectivity index (χ3v) is 3.06. The van der Waals surface area contributed by atoms with Crippen molar-refractivity contribution >= 4 is 11.9 Å². The van der Waals surface area contributed by atoms with Crippen molar-refractivity contribution < 1.29 is 14.3 Å². The molecule has 3 heteroatoms. The van der Waals surface area contributed by atoms with Crippen molar-refractivity contribution in [1.29, 1.82) is 0 Å². The molecule has 2 atom stereocenters. The number of carbonyl (C=O) groups is 2. The van der Waals surface area contributed by atoms with Crippen LogP contribution in [0.3, 0.4) is 0 Å². The van der Waals surface area contributed by atoms with Crippen LogP contribution in [0.5, 0.6) is 0 Å². The van der Waals surface area contributed by atoms with Crippen molar-refractivity contribution in [1.82, 2.24) is 0 Å². The summed E-state index contributed by atoms with van der Waals surface area (Å²) in [7, 11) is 0. The van der Waals surface area contributed by atoms with E-state index in [-0.39, 0.29) is 29.2 Å². The molecule has 2 aliphatic rings. The highest BCUT2D eigenvalue weighted by molar-refractivity contribution is 5.92. The molecular weight excluding hydrogens is 156 g/mol. The molecule has 1 saturated carbocycles. The van der Waals surface area contributed by atoms with Crippen LogP contribution in [-0.2, 0) is 14.3 Å². The van der Waals surface area contributed by atoms with E-state index in [1.165, 1.54) is 0 Å². The highest BCUT2D eigenvalue weighted by Crippen LogP contribution is 2.49. The SMILES string of the molecule is CC1(C)C[C@@H]2C[C@H]1C(=O)OC2=O. The van der Waals surface area contributed by atoms with Crippen LogP contribution >= 0.6 is 0 Å². The van der Waals surface area contributed by atoms with E-state index in [0.29, 0.717) is 6.42 Å². The lowest BCUT2D eigenvalue weighted by molar-refractivity contribution is -0.169. The first-order chi connectivity index (χ1) is 5.50. The molecule has 12 heavy (non-hydrogen) atoms. The fourth-order valence-electron chi connectivity index (χ4n) is 2.31. The van der Waals surface area contributed by atoms with E-state index in [4.69, 9.17) is 0 Å². The predicted octanol–water partition coefficient (Wildman–Crippen LogP) is 1.12. The van der Waals surface area contributed by atoms with Crippen molar-refractivity contribution in [3.8, 4) is 0 Å². The highest BCUT2D eigenvalue weighted by atomic mass is 16.6. The predicted molar refractivity (Wildman–Crippen MR) is 41.1 cm³/mol. The first-order valence-electron chi connectivity index (χ1n) is 4.26. The monoisotopic (exact) mass is 168 g/mol. The molecule has 0 aromatic heterocycles. The number of hydrogen-bond donors (Lipinski definition) is 0. The van der Waals surface area contributed by atoms with E-state index in [1.54, 1.807) is 0 Å². The number of carbonyl (C=O) groups excluding carboxylic acids is 2. The summed E-state index contributed by atoms with van der Waals surface area (Å²) in [4.78, 5) is 22.3. The molecule has 0 amide bonds. The van der Waals surface area contributed by atoms with Crippen LogP contribution in [0, 0.1) is 17.3 Å². The first-order valence-corrected chi connectivity index (χ1v) is 4.26. The van der Waals surface area contributed by atoms with E-state index < -0.39 is 0 Å². The van der Waals surface area contributed by atoms with Gasteiger partial charge in [-0.3, -0.25) is 9.59 Å². The van der Waals surface area contributed by atoms with E-state index >= 15 is 0 Å². The maximum atomic E-state index is 11.2. The van der Waals surface area contributed by atoms with Gasteiger partial charge in [0.1, 0.15) is 0 Å². The van der Waals surface area contributed by atoms with Gasteiger partial charge in [0, 0.05) is 0 Å². The van der Waals surface area contributed by atoms with Crippen LogP contribution in [-0.4, -0.2) is 11.9 Å². The standard InChI is InChI=1S/C9H12O3/c1-9(2)4-5-3-6(9)8(11)12-7(5)10/h5-6H,3-4H2,1-2H3/t5-,6-/m0/s1. The lowest BCUT2D eigenvalue weighted by Gasteiger charge is -2.23. The van der Waals surface area contributed by atoms with E-state index in [0.717, 1.165) is 6.42 Å². The average molecular weight is 168 g/mol.